The molecule has 25 heavy (non-hydrogen) atoms. The van der Waals surface area contributed by atoms with Crippen molar-refractivity contribution < 1.29 is 14.3 Å². The maximum absolute atomic E-state index is 12.4. The Labute approximate surface area is 151 Å². The number of rotatable bonds is 8. The summed E-state index contributed by atoms with van der Waals surface area (Å²) in [6, 6.07) is 15.7. The van der Waals surface area contributed by atoms with Crippen molar-refractivity contribution in [2.75, 3.05) is 0 Å². The molecule has 2 aromatic rings. The highest BCUT2D eigenvalue weighted by Gasteiger charge is 2.19. The first-order chi connectivity index (χ1) is 12.2. The van der Waals surface area contributed by atoms with Crippen molar-refractivity contribution in [3.63, 3.8) is 0 Å². The minimum atomic E-state index is -0.632. The van der Waals surface area contributed by atoms with Crippen LogP contribution in [0.4, 0.5) is 4.79 Å². The maximum atomic E-state index is 12.4. The Kier molecular flexibility index (Phi) is 7.52. The fourth-order valence-corrected chi connectivity index (χ4v) is 3.02. The molecule has 0 aromatic heterocycles. The minimum Gasteiger partial charge on any atom is -0.426 e. The Morgan fingerprint density at radius 3 is 2.36 bits per heavy atom. The zero-order valence-corrected chi connectivity index (χ0v) is 15.5. The molecule has 2 aromatic carbocycles. The lowest BCUT2D eigenvalue weighted by Crippen LogP contribution is -2.16. The number of carbonyl (C=O) groups is 1. The second-order valence-corrected chi connectivity index (χ2v) is 6.11. The van der Waals surface area contributed by atoms with Gasteiger partial charge in [0, 0.05) is 0 Å². The summed E-state index contributed by atoms with van der Waals surface area (Å²) in [6.07, 6.45) is 3.69. The van der Waals surface area contributed by atoms with Crippen molar-refractivity contribution in [3.05, 3.63) is 65.2 Å². The summed E-state index contributed by atoms with van der Waals surface area (Å²) < 4.78 is 11.2. The van der Waals surface area contributed by atoms with Crippen LogP contribution in [0.1, 0.15) is 62.8 Å². The topological polar surface area (TPSA) is 35.5 Å². The van der Waals surface area contributed by atoms with Crippen LogP contribution in [0.3, 0.4) is 0 Å². The van der Waals surface area contributed by atoms with Crippen molar-refractivity contribution in [1.82, 2.24) is 0 Å². The molecule has 0 N–H and O–H groups in total. The summed E-state index contributed by atoms with van der Waals surface area (Å²) in [4.78, 5) is 12.4. The molecule has 3 heteroatoms. The van der Waals surface area contributed by atoms with Gasteiger partial charge in [0.15, 0.2) is 0 Å². The van der Waals surface area contributed by atoms with Crippen molar-refractivity contribution in [3.8, 4) is 5.75 Å². The molecule has 1 unspecified atom stereocenters. The first kappa shape index (κ1) is 19.0. The Bertz CT molecular complexity index is 664. The van der Waals surface area contributed by atoms with Crippen LogP contribution in [0.5, 0.6) is 5.75 Å². The number of hydrogen-bond donors (Lipinski definition) is 0. The Morgan fingerprint density at radius 2 is 1.72 bits per heavy atom. The van der Waals surface area contributed by atoms with E-state index in [0.717, 1.165) is 43.2 Å². The van der Waals surface area contributed by atoms with Crippen LogP contribution in [-0.4, -0.2) is 6.16 Å². The van der Waals surface area contributed by atoms with E-state index in [-0.39, 0.29) is 6.10 Å². The number of benzene rings is 2. The predicted molar refractivity (Wildman–Crippen MR) is 101 cm³/mol. The van der Waals surface area contributed by atoms with Crippen molar-refractivity contribution in [2.24, 2.45) is 0 Å². The smallest absolute Gasteiger partial charge is 0.426 e. The van der Waals surface area contributed by atoms with Gasteiger partial charge in [-0.3, -0.25) is 0 Å². The highest BCUT2D eigenvalue weighted by atomic mass is 16.7. The number of ether oxygens (including phenoxy) is 2. The van der Waals surface area contributed by atoms with Gasteiger partial charge >= 0.3 is 6.16 Å². The molecule has 2 rings (SSSR count). The third-order valence-electron chi connectivity index (χ3n) is 4.39. The largest absolute Gasteiger partial charge is 0.514 e. The highest BCUT2D eigenvalue weighted by molar-refractivity contribution is 5.65. The molecule has 0 aliphatic carbocycles. The summed E-state index contributed by atoms with van der Waals surface area (Å²) in [5, 5.41) is 0. The van der Waals surface area contributed by atoms with Crippen LogP contribution in [0.25, 0.3) is 0 Å². The molecule has 0 saturated heterocycles. The molecular weight excluding hydrogens is 312 g/mol. The Balaban J connectivity index is 2.11. The fourth-order valence-electron chi connectivity index (χ4n) is 3.02. The molecular formula is C22H28O3. The maximum Gasteiger partial charge on any atom is 0.514 e. The van der Waals surface area contributed by atoms with Crippen LogP contribution < -0.4 is 4.74 Å². The summed E-state index contributed by atoms with van der Waals surface area (Å²) in [5.74, 6) is 0.606. The molecule has 0 saturated carbocycles. The third kappa shape index (κ3) is 5.35. The van der Waals surface area contributed by atoms with E-state index in [0.29, 0.717) is 5.75 Å². The van der Waals surface area contributed by atoms with Gasteiger partial charge in [0.05, 0.1) is 0 Å². The molecule has 0 aliphatic heterocycles. The van der Waals surface area contributed by atoms with E-state index in [1.54, 1.807) is 0 Å². The summed E-state index contributed by atoms with van der Waals surface area (Å²) in [7, 11) is 0. The Hall–Kier alpha value is -2.29. The zero-order valence-electron chi connectivity index (χ0n) is 15.5. The van der Waals surface area contributed by atoms with E-state index in [1.165, 1.54) is 5.56 Å². The lowest BCUT2D eigenvalue weighted by atomic mass is 10.0. The zero-order chi connectivity index (χ0) is 18.1. The second kappa shape index (κ2) is 9.87. The normalized spacial score (nSPS) is 11.8. The van der Waals surface area contributed by atoms with Gasteiger partial charge in [0.25, 0.3) is 0 Å². The average Bonchev–Trinajstić information content (AvgIpc) is 2.65. The number of hydrogen-bond acceptors (Lipinski definition) is 3. The molecule has 0 aliphatic rings. The van der Waals surface area contributed by atoms with Crippen LogP contribution in [0.15, 0.2) is 48.5 Å². The standard InChI is InChI=1S/C22H28O3/c1-4-7-15-20(18-12-9-8-10-13-18)24-22(23)25-21-16-11-14-17(5-2)19(21)6-3/h8-14,16,20H,4-7,15H2,1-3H3. The van der Waals surface area contributed by atoms with E-state index in [4.69, 9.17) is 9.47 Å². The Morgan fingerprint density at radius 1 is 0.960 bits per heavy atom. The summed E-state index contributed by atoms with van der Waals surface area (Å²) in [6.45, 7) is 6.30. The van der Waals surface area contributed by atoms with Crippen LogP contribution in [-0.2, 0) is 17.6 Å². The van der Waals surface area contributed by atoms with Gasteiger partial charge in [0.2, 0.25) is 0 Å². The van der Waals surface area contributed by atoms with Gasteiger partial charge in [-0.25, -0.2) is 4.79 Å². The molecule has 0 fully saturated rings. The molecule has 134 valence electrons. The number of carbonyl (C=O) groups excluding carboxylic acids is 1. The minimum absolute atomic E-state index is 0.270. The van der Waals surface area contributed by atoms with E-state index in [1.807, 2.05) is 42.5 Å². The van der Waals surface area contributed by atoms with Gasteiger partial charge in [-0.2, -0.15) is 0 Å². The molecule has 1 atom stereocenters. The van der Waals surface area contributed by atoms with Crippen molar-refractivity contribution in [1.29, 1.82) is 0 Å². The lowest BCUT2D eigenvalue weighted by Gasteiger charge is -2.19. The SMILES string of the molecule is CCCCC(OC(=O)Oc1cccc(CC)c1CC)c1ccccc1. The first-order valence-electron chi connectivity index (χ1n) is 9.23. The molecule has 0 amide bonds. The van der Waals surface area contributed by atoms with E-state index < -0.39 is 6.16 Å². The molecule has 0 bridgehead atoms. The average molecular weight is 340 g/mol. The van der Waals surface area contributed by atoms with Crippen LogP contribution in [0.2, 0.25) is 0 Å². The van der Waals surface area contributed by atoms with Crippen molar-refractivity contribution >= 4 is 6.16 Å². The van der Waals surface area contributed by atoms with E-state index in [9.17, 15) is 4.79 Å². The number of unbranched alkanes of at least 4 members (excludes halogenated alkanes) is 1. The highest BCUT2D eigenvalue weighted by Crippen LogP contribution is 2.27. The predicted octanol–water partition coefficient (Wildman–Crippen LogP) is 6.26. The molecule has 0 spiro atoms. The lowest BCUT2D eigenvalue weighted by molar-refractivity contribution is 0.0527. The molecule has 3 nitrogen and oxygen atoms in total. The van der Waals surface area contributed by atoms with Crippen LogP contribution >= 0.6 is 0 Å². The van der Waals surface area contributed by atoms with Gasteiger partial charge in [-0.1, -0.05) is 69.7 Å². The fraction of sp³-hybridized carbons (Fsp3) is 0.409. The summed E-state index contributed by atoms with van der Waals surface area (Å²) in [5.41, 5.74) is 3.29. The van der Waals surface area contributed by atoms with Gasteiger partial charge in [-0.15, -0.1) is 0 Å². The van der Waals surface area contributed by atoms with Gasteiger partial charge in [0.1, 0.15) is 11.9 Å². The molecule has 0 heterocycles. The third-order valence-corrected chi connectivity index (χ3v) is 4.39. The van der Waals surface area contributed by atoms with Gasteiger partial charge in [-0.05, 0) is 48.4 Å². The quantitative estimate of drug-likeness (QED) is 0.420. The monoisotopic (exact) mass is 340 g/mol. The second-order valence-electron chi connectivity index (χ2n) is 6.11. The van der Waals surface area contributed by atoms with Crippen LogP contribution in [0, 0.1) is 0 Å². The van der Waals surface area contributed by atoms with Gasteiger partial charge < -0.3 is 9.47 Å². The summed E-state index contributed by atoms with van der Waals surface area (Å²) >= 11 is 0. The van der Waals surface area contributed by atoms with E-state index in [2.05, 4.69) is 26.8 Å². The molecule has 0 radical (unpaired) electrons. The van der Waals surface area contributed by atoms with E-state index >= 15 is 0 Å². The first-order valence-corrected chi connectivity index (χ1v) is 9.23. The number of aryl methyl sites for hydroxylation is 1. The van der Waals surface area contributed by atoms with Crippen molar-refractivity contribution in [2.45, 2.75) is 59.0 Å².